The monoisotopic (exact) mass is 518 g/mol. The lowest BCUT2D eigenvalue weighted by Crippen LogP contribution is -2.14. The van der Waals surface area contributed by atoms with Crippen LogP contribution in [0.5, 0.6) is 17.5 Å². The van der Waals surface area contributed by atoms with Crippen molar-refractivity contribution in [2.45, 2.75) is 33.3 Å². The van der Waals surface area contributed by atoms with E-state index in [0.29, 0.717) is 29.8 Å². The molecule has 0 aliphatic carbocycles. The van der Waals surface area contributed by atoms with Crippen molar-refractivity contribution < 1.29 is 9.47 Å². The van der Waals surface area contributed by atoms with Gasteiger partial charge in [-0.3, -0.25) is 9.78 Å². The van der Waals surface area contributed by atoms with Gasteiger partial charge >= 0.3 is 0 Å². The number of rotatable bonds is 5. The molecule has 1 unspecified atom stereocenters. The molecule has 194 valence electrons. The van der Waals surface area contributed by atoms with Gasteiger partial charge in [-0.2, -0.15) is 5.10 Å². The molecular weight excluding hydrogens is 492 g/mol. The Balaban J connectivity index is 1.28. The van der Waals surface area contributed by atoms with Crippen LogP contribution in [0.2, 0.25) is 0 Å². The van der Waals surface area contributed by atoms with E-state index in [4.69, 9.17) is 19.6 Å². The van der Waals surface area contributed by atoms with Crippen LogP contribution in [0.4, 0.5) is 0 Å². The maximum atomic E-state index is 6.11. The first-order chi connectivity index (χ1) is 18.9. The van der Waals surface area contributed by atoms with Gasteiger partial charge in [-0.25, -0.2) is 14.5 Å². The number of benzene rings is 2. The molecule has 0 bridgehead atoms. The Labute approximate surface area is 224 Å². The predicted molar refractivity (Wildman–Crippen MR) is 144 cm³/mol. The Kier molecular flexibility index (Phi) is 5.22. The van der Waals surface area contributed by atoms with E-state index in [1.807, 2.05) is 50.6 Å². The number of hydrogen-bond donors (Lipinski definition) is 1. The summed E-state index contributed by atoms with van der Waals surface area (Å²) in [5.41, 5.74) is 8.62. The van der Waals surface area contributed by atoms with E-state index in [0.717, 1.165) is 44.8 Å². The van der Waals surface area contributed by atoms with Gasteiger partial charge in [0.25, 0.3) is 0 Å². The summed E-state index contributed by atoms with van der Waals surface area (Å²) in [5.74, 6) is 2.25. The van der Waals surface area contributed by atoms with Crippen molar-refractivity contribution in [3.05, 3.63) is 100 Å². The molecule has 39 heavy (non-hydrogen) atoms. The number of aromatic nitrogens is 8. The Morgan fingerprint density at radius 3 is 2.77 bits per heavy atom. The topological polar surface area (TPSA) is 108 Å². The first kappa shape index (κ1) is 23.2. The zero-order valence-electron chi connectivity index (χ0n) is 22.0. The van der Waals surface area contributed by atoms with Crippen LogP contribution in [0.15, 0.2) is 61.2 Å². The molecule has 0 fully saturated rings. The molecule has 1 N–H and O–H groups in total. The maximum Gasteiger partial charge on any atom is 0.244 e. The second-order valence-electron chi connectivity index (χ2n) is 9.97. The van der Waals surface area contributed by atoms with Crippen molar-refractivity contribution in [1.29, 1.82) is 0 Å². The maximum absolute atomic E-state index is 6.11. The smallest absolute Gasteiger partial charge is 0.244 e. The van der Waals surface area contributed by atoms with E-state index in [1.54, 1.807) is 15.5 Å². The van der Waals surface area contributed by atoms with Crippen LogP contribution in [0.1, 0.15) is 45.0 Å². The minimum Gasteiger partial charge on any atom is -0.489 e. The minimum atomic E-state index is -0.207. The van der Waals surface area contributed by atoms with Crippen LogP contribution in [-0.4, -0.2) is 39.6 Å². The molecule has 0 saturated carbocycles. The summed E-state index contributed by atoms with van der Waals surface area (Å²) in [6.07, 6.45) is 5.48. The molecule has 4 aromatic heterocycles. The zero-order valence-corrected chi connectivity index (χ0v) is 22.0. The Hall–Kier alpha value is -4.99. The highest BCUT2D eigenvalue weighted by molar-refractivity contribution is 5.68. The third kappa shape index (κ3) is 3.92. The van der Waals surface area contributed by atoms with Crippen molar-refractivity contribution in [3.63, 3.8) is 0 Å². The molecule has 6 aromatic rings. The highest BCUT2D eigenvalue weighted by Crippen LogP contribution is 2.48. The highest BCUT2D eigenvalue weighted by atomic mass is 16.5. The molecule has 0 saturated heterocycles. The van der Waals surface area contributed by atoms with E-state index in [1.165, 1.54) is 5.56 Å². The van der Waals surface area contributed by atoms with Crippen molar-refractivity contribution in [2.24, 2.45) is 7.05 Å². The number of hydrogen-bond acceptors (Lipinski definition) is 7. The number of fused-ring (bicyclic) bond motifs is 4. The van der Waals surface area contributed by atoms with Gasteiger partial charge in [0.05, 0.1) is 17.7 Å². The zero-order chi connectivity index (χ0) is 26.7. The molecule has 10 heteroatoms. The average molecular weight is 519 g/mol. The summed E-state index contributed by atoms with van der Waals surface area (Å²) in [6, 6.07) is 14.3. The Bertz CT molecular complexity index is 1860. The minimum absolute atomic E-state index is 0.207. The van der Waals surface area contributed by atoms with Gasteiger partial charge in [0.2, 0.25) is 11.8 Å². The summed E-state index contributed by atoms with van der Waals surface area (Å²) >= 11 is 0. The van der Waals surface area contributed by atoms with Crippen LogP contribution < -0.4 is 9.47 Å². The fourth-order valence-electron chi connectivity index (χ4n) is 5.23. The van der Waals surface area contributed by atoms with Crippen LogP contribution in [0, 0.1) is 20.8 Å². The van der Waals surface area contributed by atoms with Crippen molar-refractivity contribution >= 4 is 5.65 Å². The fourth-order valence-corrected chi connectivity index (χ4v) is 5.23. The molecule has 1 atom stereocenters. The first-order valence-corrected chi connectivity index (χ1v) is 12.7. The van der Waals surface area contributed by atoms with Crippen molar-refractivity contribution in [3.8, 4) is 28.9 Å². The van der Waals surface area contributed by atoms with E-state index in [-0.39, 0.29) is 5.92 Å². The van der Waals surface area contributed by atoms with Gasteiger partial charge in [0.15, 0.2) is 11.5 Å². The van der Waals surface area contributed by atoms with Crippen molar-refractivity contribution in [1.82, 2.24) is 39.6 Å². The first-order valence-electron chi connectivity index (χ1n) is 12.7. The summed E-state index contributed by atoms with van der Waals surface area (Å²) < 4.78 is 15.7. The summed E-state index contributed by atoms with van der Waals surface area (Å²) in [7, 11) is 1.90. The number of ether oxygens (including phenoxy) is 2. The van der Waals surface area contributed by atoms with Crippen molar-refractivity contribution in [2.75, 3.05) is 0 Å². The lowest BCUT2D eigenvalue weighted by molar-refractivity contribution is 0.304. The molecule has 7 rings (SSSR count). The number of H-pyrrole nitrogens is 1. The SMILES string of the molecule is Cc1ccc(OCc2cccc(-c3nc4c5c(ncn4n3)Oc3n[nH]c(C)c3C5c3cnn(C)c3)c2)c(C)c1. The van der Waals surface area contributed by atoms with Gasteiger partial charge < -0.3 is 9.47 Å². The molecular formula is C29H26N8O2. The number of aryl methyl sites for hydroxylation is 4. The van der Waals surface area contributed by atoms with Gasteiger partial charge in [0, 0.05) is 35.6 Å². The van der Waals surface area contributed by atoms with Gasteiger partial charge in [-0.05, 0) is 44.0 Å². The summed E-state index contributed by atoms with van der Waals surface area (Å²) in [6.45, 7) is 6.57. The summed E-state index contributed by atoms with van der Waals surface area (Å²) in [4.78, 5) is 9.56. The highest BCUT2D eigenvalue weighted by Gasteiger charge is 2.37. The molecule has 5 heterocycles. The number of nitrogens with one attached hydrogen (secondary N) is 1. The molecule has 0 spiro atoms. The Morgan fingerprint density at radius 1 is 1.05 bits per heavy atom. The lowest BCUT2D eigenvalue weighted by atomic mass is 9.86. The van der Waals surface area contributed by atoms with Gasteiger partial charge in [-0.1, -0.05) is 35.9 Å². The molecule has 1 aliphatic heterocycles. The number of aromatic amines is 1. The summed E-state index contributed by atoms with van der Waals surface area (Å²) in [5, 5.41) is 16.6. The normalized spacial score (nSPS) is 14.2. The molecule has 0 amide bonds. The van der Waals surface area contributed by atoms with Crippen LogP contribution in [-0.2, 0) is 13.7 Å². The Morgan fingerprint density at radius 2 is 1.95 bits per heavy atom. The molecule has 0 radical (unpaired) electrons. The third-order valence-electron chi connectivity index (χ3n) is 7.09. The number of nitrogens with zero attached hydrogens (tertiary/aromatic N) is 7. The quantitative estimate of drug-likeness (QED) is 0.340. The van der Waals surface area contributed by atoms with Crippen LogP contribution >= 0.6 is 0 Å². The van der Waals surface area contributed by atoms with E-state index in [9.17, 15) is 0 Å². The van der Waals surface area contributed by atoms with Crippen LogP contribution in [0.3, 0.4) is 0 Å². The third-order valence-corrected chi connectivity index (χ3v) is 7.09. The van der Waals surface area contributed by atoms with Gasteiger partial charge in [0.1, 0.15) is 18.7 Å². The van der Waals surface area contributed by atoms with Crippen LogP contribution in [0.25, 0.3) is 17.0 Å². The standard InChI is InChI=1S/C29H26N8O2/c1-16-8-9-22(17(2)10-16)38-14-19-6-5-7-20(11-19)26-32-27-25-24(21-12-31-36(4)13-21)23-18(3)33-34-29(23)39-28(25)30-15-37(27)35-26/h5-13,15,24H,14H2,1-4H3,(H,33,34). The van der Waals surface area contributed by atoms with E-state index in [2.05, 4.69) is 52.3 Å². The van der Waals surface area contributed by atoms with Gasteiger partial charge in [-0.15, -0.1) is 10.2 Å². The lowest BCUT2D eigenvalue weighted by Gasteiger charge is -2.24. The fraction of sp³-hybridized carbons (Fsp3) is 0.207. The van der Waals surface area contributed by atoms with E-state index >= 15 is 0 Å². The average Bonchev–Trinajstić information content (AvgIpc) is 3.65. The molecule has 10 nitrogen and oxygen atoms in total. The second kappa shape index (κ2) is 8.80. The molecule has 2 aromatic carbocycles. The second-order valence-corrected chi connectivity index (χ2v) is 9.97. The molecule has 1 aliphatic rings. The largest absolute Gasteiger partial charge is 0.489 e. The predicted octanol–water partition coefficient (Wildman–Crippen LogP) is 5.04. The van der Waals surface area contributed by atoms with E-state index < -0.39 is 0 Å².